The Morgan fingerprint density at radius 1 is 1.04 bits per heavy atom. The molecule has 1 fully saturated rings. The van der Waals surface area contributed by atoms with Crippen LogP contribution in [-0.2, 0) is 9.59 Å². The Labute approximate surface area is 169 Å². The van der Waals surface area contributed by atoms with E-state index in [1.165, 1.54) is 13.0 Å². The van der Waals surface area contributed by atoms with E-state index in [-0.39, 0.29) is 11.8 Å². The lowest BCUT2D eigenvalue weighted by Gasteiger charge is -2.33. The summed E-state index contributed by atoms with van der Waals surface area (Å²) in [7, 11) is 0. The van der Waals surface area contributed by atoms with Gasteiger partial charge in [0.05, 0.1) is 11.6 Å². The van der Waals surface area contributed by atoms with Crippen LogP contribution < -0.4 is 0 Å². The maximum Gasteiger partial charge on any atom is 0.246 e. The Morgan fingerprint density at radius 3 is 2.39 bits per heavy atom. The number of hydrogen-bond acceptors (Lipinski definition) is 3. The van der Waals surface area contributed by atoms with Crippen molar-refractivity contribution in [2.45, 2.75) is 6.92 Å². The van der Waals surface area contributed by atoms with Crippen molar-refractivity contribution in [2.75, 3.05) is 26.2 Å². The number of piperazine rings is 1. The predicted molar refractivity (Wildman–Crippen MR) is 109 cm³/mol. The van der Waals surface area contributed by atoms with Crippen LogP contribution in [0.4, 0.5) is 0 Å². The average molecular weight is 394 g/mol. The smallest absolute Gasteiger partial charge is 0.246 e. The lowest BCUT2D eigenvalue weighted by molar-refractivity contribution is -0.135. The molecular weight excluding hydrogens is 374 g/mol. The van der Waals surface area contributed by atoms with E-state index in [2.05, 4.69) is 6.07 Å². The van der Waals surface area contributed by atoms with Crippen LogP contribution in [0.5, 0.6) is 0 Å². The first-order chi connectivity index (χ1) is 13.5. The summed E-state index contributed by atoms with van der Waals surface area (Å²) in [6.45, 7) is 3.67. The second-order valence-corrected chi connectivity index (χ2v) is 6.93. The number of benzene rings is 2. The monoisotopic (exact) mass is 393 g/mol. The molecule has 0 spiro atoms. The first-order valence-electron chi connectivity index (χ1n) is 9.02. The molecule has 0 unspecified atom stereocenters. The number of rotatable bonds is 3. The van der Waals surface area contributed by atoms with Gasteiger partial charge in [-0.05, 0) is 23.8 Å². The second-order valence-electron chi connectivity index (χ2n) is 6.53. The maximum atomic E-state index is 12.6. The van der Waals surface area contributed by atoms with Crippen LogP contribution in [0, 0.1) is 11.3 Å². The third kappa shape index (κ3) is 4.24. The fourth-order valence-corrected chi connectivity index (χ4v) is 3.55. The second kappa shape index (κ2) is 8.73. The number of amides is 2. The van der Waals surface area contributed by atoms with Gasteiger partial charge in [0.2, 0.25) is 11.8 Å². The Kier molecular flexibility index (Phi) is 6.13. The molecule has 0 saturated carbocycles. The molecule has 3 rings (SSSR count). The van der Waals surface area contributed by atoms with E-state index in [1.807, 2.05) is 24.3 Å². The molecule has 0 bridgehead atoms. The highest BCUT2D eigenvalue weighted by atomic mass is 35.5. The van der Waals surface area contributed by atoms with Crippen LogP contribution in [0.15, 0.2) is 48.5 Å². The van der Waals surface area contributed by atoms with Gasteiger partial charge < -0.3 is 9.80 Å². The maximum absolute atomic E-state index is 12.6. The van der Waals surface area contributed by atoms with Crippen LogP contribution in [-0.4, -0.2) is 47.8 Å². The number of nitrogens with zero attached hydrogens (tertiary/aromatic N) is 3. The zero-order chi connectivity index (χ0) is 20.1. The number of carbonyl (C=O) groups is 2. The molecule has 1 heterocycles. The van der Waals surface area contributed by atoms with Gasteiger partial charge in [0.25, 0.3) is 0 Å². The molecule has 0 atom stereocenters. The number of carbonyl (C=O) groups excluding carboxylic acids is 2. The van der Waals surface area contributed by atoms with Gasteiger partial charge >= 0.3 is 0 Å². The Bertz CT molecular complexity index is 970. The SMILES string of the molecule is CC(=O)N1CCN(C(=O)/C=C/c2cccc(Cl)c2-c2ccccc2C#N)CC1. The topological polar surface area (TPSA) is 64.4 Å². The van der Waals surface area contributed by atoms with E-state index in [4.69, 9.17) is 11.6 Å². The molecule has 0 aromatic heterocycles. The van der Waals surface area contributed by atoms with Crippen molar-refractivity contribution in [3.05, 3.63) is 64.7 Å². The molecule has 5 nitrogen and oxygen atoms in total. The summed E-state index contributed by atoms with van der Waals surface area (Å²) in [6, 6.07) is 14.9. The Hall–Kier alpha value is -3.10. The summed E-state index contributed by atoms with van der Waals surface area (Å²) >= 11 is 6.43. The van der Waals surface area contributed by atoms with E-state index < -0.39 is 0 Å². The van der Waals surface area contributed by atoms with Crippen molar-refractivity contribution in [1.82, 2.24) is 9.80 Å². The predicted octanol–water partition coefficient (Wildman–Crippen LogP) is 3.58. The Balaban J connectivity index is 1.84. The third-order valence-corrected chi connectivity index (χ3v) is 5.12. The van der Waals surface area contributed by atoms with Crippen LogP contribution in [0.3, 0.4) is 0 Å². The van der Waals surface area contributed by atoms with E-state index >= 15 is 0 Å². The van der Waals surface area contributed by atoms with Crippen molar-refractivity contribution in [2.24, 2.45) is 0 Å². The number of hydrogen-bond donors (Lipinski definition) is 0. The van der Waals surface area contributed by atoms with Gasteiger partial charge in [-0.3, -0.25) is 9.59 Å². The van der Waals surface area contributed by atoms with Crippen molar-refractivity contribution in [3.8, 4) is 17.2 Å². The molecule has 6 heteroatoms. The Morgan fingerprint density at radius 2 is 1.71 bits per heavy atom. The fourth-order valence-electron chi connectivity index (χ4n) is 3.27. The molecule has 2 amide bonds. The molecule has 2 aromatic rings. The lowest BCUT2D eigenvalue weighted by Crippen LogP contribution is -2.49. The minimum Gasteiger partial charge on any atom is -0.339 e. The molecular formula is C22H20ClN3O2. The zero-order valence-electron chi connectivity index (χ0n) is 15.6. The van der Waals surface area contributed by atoms with Gasteiger partial charge in [-0.1, -0.05) is 41.9 Å². The van der Waals surface area contributed by atoms with Crippen LogP contribution in [0.25, 0.3) is 17.2 Å². The normalized spacial score (nSPS) is 14.2. The van der Waals surface area contributed by atoms with E-state index in [0.29, 0.717) is 36.8 Å². The van der Waals surface area contributed by atoms with Crippen molar-refractivity contribution < 1.29 is 9.59 Å². The lowest BCUT2D eigenvalue weighted by atomic mass is 9.95. The molecule has 28 heavy (non-hydrogen) atoms. The number of halogens is 1. The summed E-state index contributed by atoms with van der Waals surface area (Å²) in [5, 5.41) is 9.93. The van der Waals surface area contributed by atoms with E-state index in [9.17, 15) is 14.9 Å². The zero-order valence-corrected chi connectivity index (χ0v) is 16.3. The van der Waals surface area contributed by atoms with Crippen LogP contribution in [0.1, 0.15) is 18.1 Å². The molecule has 1 saturated heterocycles. The van der Waals surface area contributed by atoms with Crippen molar-refractivity contribution in [1.29, 1.82) is 5.26 Å². The molecule has 2 aromatic carbocycles. The number of nitriles is 1. The molecule has 142 valence electrons. The van der Waals surface area contributed by atoms with Gasteiger partial charge in [-0.2, -0.15) is 5.26 Å². The van der Waals surface area contributed by atoms with Crippen molar-refractivity contribution in [3.63, 3.8) is 0 Å². The molecule has 1 aliphatic rings. The minimum atomic E-state index is -0.109. The molecule has 1 aliphatic heterocycles. The summed E-state index contributed by atoms with van der Waals surface area (Å²) < 4.78 is 0. The van der Waals surface area contributed by atoms with E-state index in [1.54, 1.807) is 34.1 Å². The summed E-state index contributed by atoms with van der Waals surface area (Å²) in [6.07, 6.45) is 3.25. The highest BCUT2D eigenvalue weighted by Gasteiger charge is 2.21. The summed E-state index contributed by atoms with van der Waals surface area (Å²) in [4.78, 5) is 27.4. The summed E-state index contributed by atoms with van der Waals surface area (Å²) in [5.41, 5.74) is 2.76. The summed E-state index contributed by atoms with van der Waals surface area (Å²) in [5.74, 6) is -0.0786. The quantitative estimate of drug-likeness (QED) is 0.748. The minimum absolute atomic E-state index is 0.0300. The van der Waals surface area contributed by atoms with Crippen LogP contribution in [0.2, 0.25) is 5.02 Å². The van der Waals surface area contributed by atoms with Gasteiger partial charge in [-0.25, -0.2) is 0 Å². The molecule has 0 N–H and O–H groups in total. The first kappa shape index (κ1) is 19.7. The van der Waals surface area contributed by atoms with Gasteiger partial charge in [0.1, 0.15) is 0 Å². The first-order valence-corrected chi connectivity index (χ1v) is 9.39. The van der Waals surface area contributed by atoms with Gasteiger partial charge in [0.15, 0.2) is 0 Å². The molecule has 0 radical (unpaired) electrons. The van der Waals surface area contributed by atoms with Crippen LogP contribution >= 0.6 is 11.6 Å². The standard InChI is InChI=1S/C22H20ClN3O2/c1-16(27)25-11-13-26(14-12-25)21(28)10-9-17-6-4-8-20(23)22(17)19-7-3-2-5-18(19)15-24/h2-10H,11-14H2,1H3/b10-9+. The highest BCUT2D eigenvalue weighted by molar-refractivity contribution is 6.33. The van der Waals surface area contributed by atoms with E-state index in [0.717, 1.165) is 16.7 Å². The highest BCUT2D eigenvalue weighted by Crippen LogP contribution is 2.34. The largest absolute Gasteiger partial charge is 0.339 e. The van der Waals surface area contributed by atoms with Gasteiger partial charge in [-0.15, -0.1) is 0 Å². The third-order valence-electron chi connectivity index (χ3n) is 4.80. The average Bonchev–Trinajstić information content (AvgIpc) is 2.72. The van der Waals surface area contributed by atoms with Gasteiger partial charge in [0, 0.05) is 55.3 Å². The fraction of sp³-hybridized carbons (Fsp3) is 0.227. The van der Waals surface area contributed by atoms with Crippen molar-refractivity contribution >= 4 is 29.5 Å². The molecule has 0 aliphatic carbocycles.